The zero-order chi connectivity index (χ0) is 53.2. The fourth-order valence-electron chi connectivity index (χ4n) is 10.8. The molecule has 0 spiro atoms. The Morgan fingerprint density at radius 1 is 0.521 bits per heavy atom. The number of para-hydroxylation sites is 1. The van der Waals surface area contributed by atoms with Gasteiger partial charge in [-0.05, 0) is 127 Å². The van der Waals surface area contributed by atoms with Crippen LogP contribution >= 0.6 is 0 Å². The molecular formula is C69H73N3O. The maximum atomic E-state index is 12.7. The first-order chi connectivity index (χ1) is 35.5. The molecule has 0 amide bonds. The van der Waals surface area contributed by atoms with Crippen LogP contribution in [0.1, 0.15) is 138 Å². The van der Waals surface area contributed by atoms with Crippen molar-refractivity contribution < 1.29 is 7.85 Å². The number of fused-ring (bicyclic) bond motifs is 1. The number of phenols is 1. The average Bonchev–Trinajstić information content (AvgIpc) is 4.09. The minimum absolute atomic E-state index is 0.0398. The number of aromatic nitrogens is 3. The van der Waals surface area contributed by atoms with Crippen LogP contribution in [0, 0.1) is 5.92 Å². The molecule has 73 heavy (non-hydrogen) atoms. The van der Waals surface area contributed by atoms with E-state index in [4.69, 9.17) is 9.97 Å². The van der Waals surface area contributed by atoms with Crippen LogP contribution in [0.5, 0.6) is 5.75 Å². The van der Waals surface area contributed by atoms with Gasteiger partial charge in [0.1, 0.15) is 11.6 Å². The Bertz CT molecular complexity index is 3560. The standard InChI is InChI=1S/C69H73N3O/c1-66(2,3)54-40-50(38-51(41-54)60-42-49(34-35-70-60)48-26-20-29-53(39-48)69(10,11)52-27-16-13-17-28-52)56-30-21-31-62-63(56)71-65(58-43-55(67(4,5)6)44-59(64(58)73)68(7,8)9)72(62)61-33-32-46(36-45-22-18-19-23-45)37-57(61)47-24-14-12-15-25-47/h12-17,20-21,24-35,37-45,73H,18-19,22-23,36H2,1-11H3/i36D2. The third-order valence-corrected chi connectivity index (χ3v) is 15.3. The molecule has 1 aliphatic carbocycles. The predicted octanol–water partition coefficient (Wildman–Crippen LogP) is 18.4. The minimum Gasteiger partial charge on any atom is -0.507 e. The number of nitrogens with zero attached hydrogens (tertiary/aromatic N) is 3. The Morgan fingerprint density at radius 3 is 1.84 bits per heavy atom. The predicted molar refractivity (Wildman–Crippen MR) is 308 cm³/mol. The number of pyridine rings is 1. The Labute approximate surface area is 438 Å². The lowest BCUT2D eigenvalue weighted by molar-refractivity contribution is 0.446. The summed E-state index contributed by atoms with van der Waals surface area (Å²) in [6.07, 6.45) is 4.31. The fraction of sp³-hybridized carbons (Fsp3) is 0.304. The molecule has 0 aliphatic heterocycles. The van der Waals surface area contributed by atoms with Gasteiger partial charge >= 0.3 is 0 Å². The summed E-state index contributed by atoms with van der Waals surface area (Å²) in [6, 6.07) is 58.0. The maximum Gasteiger partial charge on any atom is 0.149 e. The molecule has 10 rings (SSSR count). The van der Waals surface area contributed by atoms with Gasteiger partial charge in [-0.1, -0.05) is 217 Å². The van der Waals surface area contributed by atoms with Gasteiger partial charge < -0.3 is 5.11 Å². The van der Waals surface area contributed by atoms with E-state index in [9.17, 15) is 7.85 Å². The third kappa shape index (κ3) is 9.94. The monoisotopic (exact) mass is 962 g/mol. The van der Waals surface area contributed by atoms with Gasteiger partial charge in [-0.3, -0.25) is 9.55 Å². The van der Waals surface area contributed by atoms with Crippen molar-refractivity contribution in [2.75, 3.05) is 0 Å². The number of hydrogen-bond acceptors (Lipinski definition) is 3. The van der Waals surface area contributed by atoms with E-state index in [0.29, 0.717) is 17.0 Å². The van der Waals surface area contributed by atoms with Crippen LogP contribution in [-0.4, -0.2) is 19.6 Å². The molecular weight excluding hydrogens is 887 g/mol. The van der Waals surface area contributed by atoms with E-state index in [1.165, 1.54) is 16.7 Å². The average molecular weight is 962 g/mol. The van der Waals surface area contributed by atoms with Crippen LogP contribution in [0.2, 0.25) is 0 Å². The second-order valence-electron chi connectivity index (χ2n) is 24.1. The van der Waals surface area contributed by atoms with Gasteiger partial charge in [0.15, 0.2) is 0 Å². The number of imidazole rings is 1. The van der Waals surface area contributed by atoms with E-state index in [1.54, 1.807) is 0 Å². The molecule has 9 aromatic rings. The SMILES string of the molecule is [2H]C([2H])(c1ccc(-n2c(-c3cc(C(C)(C)C)cc(C(C)(C)C)c3O)nc3c(-c4cc(-c5cc(-c6cccc(C(C)(C)c7ccccc7)c6)ccn5)cc(C(C)(C)C)c4)cccc32)c(-c2ccccc2)c1)C1CCCC1. The summed E-state index contributed by atoms with van der Waals surface area (Å²) in [4.78, 5) is 10.8. The van der Waals surface area contributed by atoms with Crippen LogP contribution in [0.4, 0.5) is 0 Å². The molecule has 1 N–H and O–H groups in total. The van der Waals surface area contributed by atoms with Gasteiger partial charge in [-0.25, -0.2) is 4.98 Å². The van der Waals surface area contributed by atoms with E-state index < -0.39 is 6.37 Å². The number of aromatic hydroxyl groups is 1. The van der Waals surface area contributed by atoms with Gasteiger partial charge in [0.25, 0.3) is 0 Å². The number of rotatable bonds is 10. The second kappa shape index (κ2) is 19.1. The summed E-state index contributed by atoms with van der Waals surface area (Å²) in [6.45, 7) is 24.5. The Hall–Kier alpha value is -7.04. The molecule has 0 atom stereocenters. The molecule has 7 aromatic carbocycles. The lowest BCUT2D eigenvalue weighted by Crippen LogP contribution is -2.18. The van der Waals surface area contributed by atoms with Crippen LogP contribution < -0.4 is 0 Å². The van der Waals surface area contributed by atoms with Gasteiger partial charge in [-0.15, -0.1) is 0 Å². The van der Waals surface area contributed by atoms with Crippen molar-refractivity contribution in [2.45, 2.75) is 130 Å². The molecule has 2 heterocycles. The second-order valence-corrected chi connectivity index (χ2v) is 24.1. The van der Waals surface area contributed by atoms with Gasteiger partial charge in [0.2, 0.25) is 0 Å². The molecule has 4 nitrogen and oxygen atoms in total. The van der Waals surface area contributed by atoms with Crippen molar-refractivity contribution in [3.05, 3.63) is 203 Å². The summed E-state index contributed by atoms with van der Waals surface area (Å²) in [5.74, 6) is 0.790. The molecule has 1 fully saturated rings. The van der Waals surface area contributed by atoms with Crippen molar-refractivity contribution in [1.29, 1.82) is 0 Å². The van der Waals surface area contributed by atoms with E-state index in [1.807, 2.05) is 30.5 Å². The highest BCUT2D eigenvalue weighted by molar-refractivity contribution is 5.98. The summed E-state index contributed by atoms with van der Waals surface area (Å²) in [5, 5.41) is 12.7. The first-order valence-electron chi connectivity index (χ1n) is 27.4. The molecule has 1 saturated carbocycles. The molecule has 370 valence electrons. The topological polar surface area (TPSA) is 50.9 Å². The van der Waals surface area contributed by atoms with Crippen LogP contribution in [0.25, 0.3) is 72.7 Å². The third-order valence-electron chi connectivity index (χ3n) is 15.3. The highest BCUT2D eigenvalue weighted by atomic mass is 16.3. The van der Waals surface area contributed by atoms with Crippen LogP contribution in [0.3, 0.4) is 0 Å². The van der Waals surface area contributed by atoms with E-state index >= 15 is 0 Å². The lowest BCUT2D eigenvalue weighted by Gasteiger charge is -2.27. The van der Waals surface area contributed by atoms with Crippen molar-refractivity contribution in [3.63, 3.8) is 0 Å². The molecule has 0 radical (unpaired) electrons. The normalized spacial score (nSPS) is 14.4. The van der Waals surface area contributed by atoms with Crippen molar-refractivity contribution >= 4 is 11.0 Å². The van der Waals surface area contributed by atoms with E-state index in [2.05, 4.69) is 220 Å². The number of benzene rings is 7. The van der Waals surface area contributed by atoms with E-state index in [0.717, 1.165) is 98.2 Å². The van der Waals surface area contributed by atoms with Crippen LogP contribution in [-0.2, 0) is 28.0 Å². The summed E-state index contributed by atoms with van der Waals surface area (Å²) in [5.41, 5.74) is 16.5. The quantitative estimate of drug-likeness (QED) is 0.149. The molecule has 0 unspecified atom stereocenters. The summed E-state index contributed by atoms with van der Waals surface area (Å²) in [7, 11) is 0. The summed E-state index contributed by atoms with van der Waals surface area (Å²) < 4.78 is 21.3. The minimum atomic E-state index is -1.50. The molecule has 0 saturated heterocycles. The first-order valence-corrected chi connectivity index (χ1v) is 26.4. The number of phenolic OH excluding ortho intramolecular Hbond substituents is 1. The molecule has 0 bridgehead atoms. The summed E-state index contributed by atoms with van der Waals surface area (Å²) >= 11 is 0. The molecule has 2 aromatic heterocycles. The Morgan fingerprint density at radius 2 is 1.14 bits per heavy atom. The van der Waals surface area contributed by atoms with Gasteiger partial charge in [0, 0.05) is 36.6 Å². The highest BCUT2D eigenvalue weighted by Crippen LogP contribution is 2.46. The molecule has 4 heteroatoms. The zero-order valence-corrected chi connectivity index (χ0v) is 44.9. The van der Waals surface area contributed by atoms with Crippen LogP contribution in [0.15, 0.2) is 170 Å². The van der Waals surface area contributed by atoms with Crippen molar-refractivity contribution in [3.8, 4) is 67.5 Å². The number of hydrogen-bond donors (Lipinski definition) is 1. The van der Waals surface area contributed by atoms with E-state index in [-0.39, 0.29) is 33.3 Å². The lowest BCUT2D eigenvalue weighted by atomic mass is 9.77. The highest BCUT2D eigenvalue weighted by Gasteiger charge is 2.30. The van der Waals surface area contributed by atoms with Gasteiger partial charge in [0.05, 0.1) is 28.0 Å². The largest absolute Gasteiger partial charge is 0.507 e. The molecule has 1 aliphatic rings. The zero-order valence-electron chi connectivity index (χ0n) is 46.9. The van der Waals surface area contributed by atoms with Gasteiger partial charge in [-0.2, -0.15) is 0 Å². The smallest absolute Gasteiger partial charge is 0.149 e. The first kappa shape index (κ1) is 47.0. The van der Waals surface area contributed by atoms with Crippen molar-refractivity contribution in [2.24, 2.45) is 5.92 Å². The Kier molecular flexibility index (Phi) is 12.3. The maximum absolute atomic E-state index is 12.7. The Balaban J connectivity index is 1.21. The van der Waals surface area contributed by atoms with Crippen molar-refractivity contribution in [1.82, 2.24) is 14.5 Å². The fourth-order valence-corrected chi connectivity index (χ4v) is 10.8.